The van der Waals surface area contributed by atoms with Crippen LogP contribution in [0, 0.1) is 20.2 Å². The smallest absolute Gasteiger partial charge is 0.258 e. The topological polar surface area (TPSA) is 86.3 Å². The second-order valence-electron chi connectivity index (χ2n) is 4.69. The first kappa shape index (κ1) is 17.8. The first-order valence-corrected chi connectivity index (χ1v) is 7.58. The van der Waals surface area contributed by atoms with Crippen molar-refractivity contribution in [2.75, 3.05) is 0 Å². The summed E-state index contributed by atoms with van der Waals surface area (Å²) < 4.78 is 0. The Hall–Kier alpha value is -2.58. The molecule has 3 aromatic carbocycles. The molecule has 0 spiro atoms. The monoisotopic (exact) mass is 360 g/mol. The number of hydrogen-bond donors (Lipinski definition) is 2. The van der Waals surface area contributed by atoms with E-state index in [1.54, 1.807) is 0 Å². The van der Waals surface area contributed by atoms with Crippen LogP contribution in [0.15, 0.2) is 70.5 Å². The largest absolute Gasteiger partial charge is 0.289 e. The van der Waals surface area contributed by atoms with Crippen molar-refractivity contribution in [2.24, 2.45) is 0 Å². The molecule has 0 amide bonds. The zero-order chi connectivity index (χ0) is 17.7. The fourth-order valence-electron chi connectivity index (χ4n) is 1.98. The number of rotatable bonds is 2. The minimum Gasteiger partial charge on any atom is -0.258 e. The number of nitrogens with zero attached hydrogens (tertiary/aromatic N) is 2. The van der Waals surface area contributed by atoms with Gasteiger partial charge in [-0.25, -0.2) is 0 Å². The number of fused-ring (bicyclic) bond motifs is 1. The lowest BCUT2D eigenvalue weighted by molar-refractivity contribution is -0.395. The van der Waals surface area contributed by atoms with Crippen molar-refractivity contribution in [3.05, 3.63) is 80.9 Å². The van der Waals surface area contributed by atoms with Crippen LogP contribution in [0.5, 0.6) is 0 Å². The van der Waals surface area contributed by atoms with Crippen molar-refractivity contribution in [2.45, 2.75) is 9.79 Å². The van der Waals surface area contributed by atoms with Crippen molar-refractivity contribution in [1.82, 2.24) is 0 Å². The van der Waals surface area contributed by atoms with Gasteiger partial charge in [-0.05, 0) is 22.9 Å². The predicted molar refractivity (Wildman–Crippen MR) is 98.2 cm³/mol. The highest BCUT2D eigenvalue weighted by Gasteiger charge is 2.16. The van der Waals surface area contributed by atoms with Crippen LogP contribution in [0.4, 0.5) is 11.4 Å². The summed E-state index contributed by atoms with van der Waals surface area (Å²) in [6, 6.07) is 17.6. The van der Waals surface area contributed by atoms with Crippen LogP contribution in [0.25, 0.3) is 10.8 Å². The standard InChI is InChI=1S/C10H8S.C6H4N2O4S/c11-10-7-3-5-8-4-1-2-6-9(8)10;9-7(10)4-1-2-6(13)5(3-4)8(11)12/h1-7,11H;1-3,13H. The average Bonchev–Trinajstić information content (AvgIpc) is 2.56. The lowest BCUT2D eigenvalue weighted by Gasteiger charge is -1.98. The lowest BCUT2D eigenvalue weighted by atomic mass is 10.1. The van der Waals surface area contributed by atoms with Crippen LogP contribution in [0.2, 0.25) is 0 Å². The van der Waals surface area contributed by atoms with Crippen molar-refractivity contribution in [3.63, 3.8) is 0 Å². The summed E-state index contributed by atoms with van der Waals surface area (Å²) in [4.78, 5) is 20.3. The Bertz CT molecular complexity index is 910. The zero-order valence-electron chi connectivity index (χ0n) is 12.2. The lowest BCUT2D eigenvalue weighted by Crippen LogP contribution is -1.93. The van der Waals surface area contributed by atoms with Crippen LogP contribution in [-0.4, -0.2) is 9.85 Å². The maximum Gasteiger partial charge on any atom is 0.289 e. The molecule has 0 aromatic heterocycles. The summed E-state index contributed by atoms with van der Waals surface area (Å²) >= 11 is 8.14. The first-order valence-electron chi connectivity index (χ1n) is 6.68. The highest BCUT2D eigenvalue weighted by Crippen LogP contribution is 2.26. The van der Waals surface area contributed by atoms with Crippen LogP contribution in [0.3, 0.4) is 0 Å². The number of non-ortho nitro benzene ring substituents is 1. The molecule has 24 heavy (non-hydrogen) atoms. The van der Waals surface area contributed by atoms with Gasteiger partial charge in [-0.1, -0.05) is 36.4 Å². The molecule has 0 aliphatic rings. The molecule has 6 nitrogen and oxygen atoms in total. The SMILES string of the molecule is O=[N+]([O-])c1ccc(S)c([N+](=O)[O-])c1.Sc1cccc2ccccc12. The molecule has 122 valence electrons. The third kappa shape index (κ3) is 4.24. The van der Waals surface area contributed by atoms with Gasteiger partial charge in [0.15, 0.2) is 0 Å². The number of nitro groups is 2. The molecule has 0 N–H and O–H groups in total. The van der Waals surface area contributed by atoms with Gasteiger partial charge >= 0.3 is 0 Å². The molecule has 0 fully saturated rings. The maximum atomic E-state index is 10.3. The summed E-state index contributed by atoms with van der Waals surface area (Å²) in [7, 11) is 0. The van der Waals surface area contributed by atoms with Crippen LogP contribution < -0.4 is 0 Å². The summed E-state index contributed by atoms with van der Waals surface area (Å²) in [6.45, 7) is 0. The molecule has 0 atom stereocenters. The maximum absolute atomic E-state index is 10.3. The summed E-state index contributed by atoms with van der Waals surface area (Å²) in [5, 5.41) is 23.0. The van der Waals surface area contributed by atoms with E-state index < -0.39 is 9.85 Å². The number of nitro benzene ring substituents is 2. The second kappa shape index (κ2) is 7.80. The fraction of sp³-hybridized carbons (Fsp3) is 0. The summed E-state index contributed by atoms with van der Waals surface area (Å²) in [5.41, 5.74) is -0.679. The molecule has 0 bridgehead atoms. The van der Waals surface area contributed by atoms with E-state index in [1.165, 1.54) is 16.8 Å². The minimum absolute atomic E-state index is 0.107. The van der Waals surface area contributed by atoms with Crippen molar-refractivity contribution < 1.29 is 9.85 Å². The molecular formula is C16H12N2O4S2. The van der Waals surface area contributed by atoms with Crippen molar-refractivity contribution in [3.8, 4) is 0 Å². The molecular weight excluding hydrogens is 348 g/mol. The Morgan fingerprint density at radius 3 is 2.04 bits per heavy atom. The van der Waals surface area contributed by atoms with Gasteiger partial charge in [0.05, 0.1) is 20.8 Å². The second-order valence-corrected chi connectivity index (χ2v) is 5.65. The van der Waals surface area contributed by atoms with Gasteiger partial charge in [0.1, 0.15) is 0 Å². The molecule has 0 heterocycles. The highest BCUT2D eigenvalue weighted by atomic mass is 32.1. The van der Waals surface area contributed by atoms with Crippen LogP contribution in [-0.2, 0) is 0 Å². The van der Waals surface area contributed by atoms with Crippen LogP contribution >= 0.6 is 25.3 Å². The molecule has 8 heteroatoms. The summed E-state index contributed by atoms with van der Waals surface area (Å²) in [6.07, 6.45) is 0. The molecule has 0 unspecified atom stereocenters. The average molecular weight is 360 g/mol. The molecule has 3 aromatic rings. The van der Waals surface area contributed by atoms with Crippen molar-refractivity contribution >= 4 is 47.4 Å². The van der Waals surface area contributed by atoms with E-state index in [9.17, 15) is 20.2 Å². The Labute approximate surface area is 148 Å². The predicted octanol–water partition coefficient (Wildman–Crippen LogP) is 4.92. The minimum atomic E-state index is -0.713. The third-order valence-corrected chi connectivity index (χ3v) is 3.90. The Morgan fingerprint density at radius 2 is 1.42 bits per heavy atom. The first-order chi connectivity index (χ1) is 11.4. The van der Waals surface area contributed by atoms with E-state index in [1.807, 2.05) is 24.3 Å². The van der Waals surface area contributed by atoms with E-state index in [0.717, 1.165) is 17.0 Å². The fourth-order valence-corrected chi connectivity index (χ4v) is 2.49. The molecule has 0 aliphatic carbocycles. The number of thiol groups is 2. The Balaban J connectivity index is 0.000000175. The van der Waals surface area contributed by atoms with Gasteiger partial charge in [0.2, 0.25) is 0 Å². The van der Waals surface area contributed by atoms with E-state index in [2.05, 4.69) is 43.5 Å². The molecule has 0 radical (unpaired) electrons. The Morgan fingerprint density at radius 1 is 0.750 bits per heavy atom. The van der Waals surface area contributed by atoms with Gasteiger partial charge in [-0.2, -0.15) is 0 Å². The van der Waals surface area contributed by atoms with Gasteiger partial charge in [-0.3, -0.25) is 20.2 Å². The quantitative estimate of drug-likeness (QED) is 0.386. The van der Waals surface area contributed by atoms with Crippen molar-refractivity contribution in [1.29, 1.82) is 0 Å². The number of benzene rings is 3. The van der Waals surface area contributed by atoms with E-state index in [-0.39, 0.29) is 16.3 Å². The molecule has 0 saturated heterocycles. The van der Waals surface area contributed by atoms with E-state index in [0.29, 0.717) is 0 Å². The normalized spacial score (nSPS) is 9.92. The van der Waals surface area contributed by atoms with Gasteiger partial charge in [0.25, 0.3) is 11.4 Å². The third-order valence-electron chi connectivity index (χ3n) is 3.13. The van der Waals surface area contributed by atoms with E-state index in [4.69, 9.17) is 0 Å². The highest BCUT2D eigenvalue weighted by molar-refractivity contribution is 7.80. The molecule has 0 saturated carbocycles. The van der Waals surface area contributed by atoms with Gasteiger partial charge in [-0.15, -0.1) is 25.3 Å². The van der Waals surface area contributed by atoms with Crippen LogP contribution in [0.1, 0.15) is 0 Å². The summed E-state index contributed by atoms with van der Waals surface area (Å²) in [5.74, 6) is 0. The number of hydrogen-bond acceptors (Lipinski definition) is 6. The van der Waals surface area contributed by atoms with Gasteiger partial charge < -0.3 is 0 Å². The molecule has 0 aliphatic heterocycles. The van der Waals surface area contributed by atoms with E-state index >= 15 is 0 Å². The van der Waals surface area contributed by atoms with Gasteiger partial charge in [0, 0.05) is 11.0 Å². The molecule has 3 rings (SSSR count). The zero-order valence-corrected chi connectivity index (χ0v) is 14.0. The Kier molecular flexibility index (Phi) is 5.78.